The Morgan fingerprint density at radius 3 is 2.38 bits per heavy atom. The first-order valence-corrected chi connectivity index (χ1v) is 7.31. The Labute approximate surface area is 125 Å². The first-order chi connectivity index (χ1) is 9.90. The highest BCUT2D eigenvalue weighted by Crippen LogP contribution is 2.15. The molecule has 120 valence electrons. The van der Waals surface area contributed by atoms with Gasteiger partial charge in [0.05, 0.1) is 19.8 Å². The highest BCUT2D eigenvalue weighted by molar-refractivity contribution is 5.88. The second-order valence-corrected chi connectivity index (χ2v) is 5.71. The summed E-state index contributed by atoms with van der Waals surface area (Å²) in [6.07, 6.45) is 0.580. The van der Waals surface area contributed by atoms with E-state index in [1.807, 2.05) is 13.8 Å². The lowest BCUT2D eigenvalue weighted by molar-refractivity contribution is -0.137. The zero-order valence-electron chi connectivity index (χ0n) is 12.8. The van der Waals surface area contributed by atoms with Crippen LogP contribution in [0.15, 0.2) is 0 Å². The number of primary amides is 1. The predicted octanol–water partition coefficient (Wildman–Crippen LogP) is -0.501. The van der Waals surface area contributed by atoms with Crippen molar-refractivity contribution in [3.63, 3.8) is 0 Å². The molecule has 0 spiro atoms. The molecule has 1 aliphatic rings. The Morgan fingerprint density at radius 1 is 1.24 bits per heavy atom. The summed E-state index contributed by atoms with van der Waals surface area (Å²) in [4.78, 5) is 36.7. The van der Waals surface area contributed by atoms with Crippen molar-refractivity contribution in [3.05, 3.63) is 0 Å². The number of nitrogens with zero attached hydrogens (tertiary/aromatic N) is 1. The molecular weight excluding hydrogens is 274 g/mol. The third-order valence-corrected chi connectivity index (χ3v) is 3.35. The summed E-state index contributed by atoms with van der Waals surface area (Å²) < 4.78 is 5.17. The van der Waals surface area contributed by atoms with E-state index in [0.29, 0.717) is 32.7 Å². The monoisotopic (exact) mass is 299 g/mol. The Kier molecular flexibility index (Phi) is 7.14. The van der Waals surface area contributed by atoms with Gasteiger partial charge >= 0.3 is 0 Å². The SMILES string of the molecule is CC(C)CC(CC(N)=O)C(=O)NCC(=O)N1CCOCC1. The van der Waals surface area contributed by atoms with Crippen molar-refractivity contribution in [3.8, 4) is 0 Å². The Hall–Kier alpha value is -1.63. The molecule has 0 aromatic carbocycles. The van der Waals surface area contributed by atoms with Gasteiger partial charge in [-0.05, 0) is 12.3 Å². The second kappa shape index (κ2) is 8.61. The summed E-state index contributed by atoms with van der Waals surface area (Å²) in [5.41, 5.74) is 5.17. The Morgan fingerprint density at radius 2 is 1.86 bits per heavy atom. The number of nitrogens with two attached hydrogens (primary N) is 1. The van der Waals surface area contributed by atoms with Crippen LogP contribution in [0.2, 0.25) is 0 Å². The van der Waals surface area contributed by atoms with Gasteiger partial charge in [-0.15, -0.1) is 0 Å². The fourth-order valence-electron chi connectivity index (χ4n) is 2.33. The molecule has 0 bridgehead atoms. The number of nitrogens with one attached hydrogen (secondary N) is 1. The normalized spacial score (nSPS) is 16.6. The summed E-state index contributed by atoms with van der Waals surface area (Å²) >= 11 is 0. The lowest BCUT2D eigenvalue weighted by Gasteiger charge is -2.27. The van der Waals surface area contributed by atoms with Crippen LogP contribution in [0.3, 0.4) is 0 Å². The molecule has 3 N–H and O–H groups in total. The Balaban J connectivity index is 2.44. The van der Waals surface area contributed by atoms with Gasteiger partial charge < -0.3 is 20.7 Å². The van der Waals surface area contributed by atoms with E-state index in [1.54, 1.807) is 4.90 Å². The van der Waals surface area contributed by atoms with Gasteiger partial charge in [-0.2, -0.15) is 0 Å². The average molecular weight is 299 g/mol. The van der Waals surface area contributed by atoms with E-state index < -0.39 is 11.8 Å². The third-order valence-electron chi connectivity index (χ3n) is 3.35. The molecule has 7 nitrogen and oxygen atoms in total. The highest BCUT2D eigenvalue weighted by Gasteiger charge is 2.23. The zero-order chi connectivity index (χ0) is 15.8. The van der Waals surface area contributed by atoms with Gasteiger partial charge in [0, 0.05) is 25.4 Å². The lowest BCUT2D eigenvalue weighted by Crippen LogP contribution is -2.46. The van der Waals surface area contributed by atoms with E-state index in [9.17, 15) is 14.4 Å². The zero-order valence-corrected chi connectivity index (χ0v) is 12.8. The molecule has 1 heterocycles. The molecule has 1 rings (SSSR count). The van der Waals surface area contributed by atoms with Crippen molar-refractivity contribution in [2.45, 2.75) is 26.7 Å². The topological polar surface area (TPSA) is 102 Å². The molecule has 1 fully saturated rings. The fraction of sp³-hybridized carbons (Fsp3) is 0.786. The predicted molar refractivity (Wildman–Crippen MR) is 77.2 cm³/mol. The van der Waals surface area contributed by atoms with Crippen LogP contribution < -0.4 is 11.1 Å². The Bertz CT molecular complexity index is 378. The van der Waals surface area contributed by atoms with Crippen LogP contribution in [-0.2, 0) is 19.1 Å². The number of morpholine rings is 1. The first-order valence-electron chi connectivity index (χ1n) is 7.31. The van der Waals surface area contributed by atoms with Crippen LogP contribution in [0.5, 0.6) is 0 Å². The van der Waals surface area contributed by atoms with Gasteiger partial charge in [-0.3, -0.25) is 14.4 Å². The summed E-state index contributed by atoms with van der Waals surface area (Å²) in [5.74, 6) is -1.12. The van der Waals surface area contributed by atoms with Gasteiger partial charge in [-0.1, -0.05) is 13.8 Å². The number of rotatable bonds is 7. The fourth-order valence-corrected chi connectivity index (χ4v) is 2.33. The van der Waals surface area contributed by atoms with Crippen LogP contribution in [0.1, 0.15) is 26.7 Å². The van der Waals surface area contributed by atoms with E-state index >= 15 is 0 Å². The maximum atomic E-state index is 12.1. The van der Waals surface area contributed by atoms with Gasteiger partial charge in [0.15, 0.2) is 0 Å². The lowest BCUT2D eigenvalue weighted by atomic mass is 9.93. The third kappa shape index (κ3) is 6.57. The van der Waals surface area contributed by atoms with Crippen LogP contribution >= 0.6 is 0 Å². The molecule has 0 aromatic rings. The van der Waals surface area contributed by atoms with Gasteiger partial charge in [0.2, 0.25) is 17.7 Å². The quantitative estimate of drug-likeness (QED) is 0.661. The smallest absolute Gasteiger partial charge is 0.242 e. The molecular formula is C14H25N3O4. The van der Waals surface area contributed by atoms with Gasteiger partial charge in [-0.25, -0.2) is 0 Å². The van der Waals surface area contributed by atoms with E-state index in [4.69, 9.17) is 10.5 Å². The summed E-state index contributed by atoms with van der Waals surface area (Å²) in [7, 11) is 0. The van der Waals surface area contributed by atoms with Crippen molar-refractivity contribution >= 4 is 17.7 Å². The van der Waals surface area contributed by atoms with Crippen molar-refractivity contribution in [1.29, 1.82) is 0 Å². The summed E-state index contributed by atoms with van der Waals surface area (Å²) in [6, 6.07) is 0. The van der Waals surface area contributed by atoms with Crippen molar-refractivity contribution < 1.29 is 19.1 Å². The molecule has 0 radical (unpaired) electrons. The van der Waals surface area contributed by atoms with Crippen LogP contribution in [0.4, 0.5) is 0 Å². The minimum atomic E-state index is -0.504. The largest absolute Gasteiger partial charge is 0.378 e. The molecule has 0 aromatic heterocycles. The van der Waals surface area contributed by atoms with Crippen molar-refractivity contribution in [2.75, 3.05) is 32.8 Å². The molecule has 1 unspecified atom stereocenters. The summed E-state index contributed by atoms with van der Waals surface area (Å²) in [5, 5.41) is 2.61. The highest BCUT2D eigenvalue weighted by atomic mass is 16.5. The van der Waals surface area contributed by atoms with Crippen molar-refractivity contribution in [1.82, 2.24) is 10.2 Å². The molecule has 3 amide bonds. The molecule has 7 heteroatoms. The van der Waals surface area contributed by atoms with E-state index in [1.165, 1.54) is 0 Å². The van der Waals surface area contributed by atoms with Crippen LogP contribution in [0.25, 0.3) is 0 Å². The molecule has 1 saturated heterocycles. The maximum Gasteiger partial charge on any atom is 0.242 e. The number of hydrogen-bond acceptors (Lipinski definition) is 4. The van der Waals surface area contributed by atoms with Gasteiger partial charge in [0.1, 0.15) is 0 Å². The first kappa shape index (κ1) is 17.4. The second-order valence-electron chi connectivity index (χ2n) is 5.71. The number of amides is 3. The van der Waals surface area contributed by atoms with Crippen LogP contribution in [-0.4, -0.2) is 55.5 Å². The number of carbonyl (C=O) groups excluding carboxylic acids is 3. The number of carbonyl (C=O) groups is 3. The van der Waals surface area contributed by atoms with E-state index in [-0.39, 0.29) is 30.7 Å². The molecule has 0 aliphatic carbocycles. The van der Waals surface area contributed by atoms with E-state index in [2.05, 4.69) is 5.32 Å². The van der Waals surface area contributed by atoms with Crippen LogP contribution in [0, 0.1) is 11.8 Å². The molecule has 1 atom stereocenters. The maximum absolute atomic E-state index is 12.1. The molecule has 1 aliphatic heterocycles. The standard InChI is InChI=1S/C14H25N3O4/c1-10(2)7-11(8-12(15)18)14(20)16-9-13(19)17-3-5-21-6-4-17/h10-11H,3-9H2,1-2H3,(H2,15,18)(H,16,20). The van der Waals surface area contributed by atoms with E-state index in [0.717, 1.165) is 0 Å². The van der Waals surface area contributed by atoms with Crippen molar-refractivity contribution in [2.24, 2.45) is 17.6 Å². The summed E-state index contributed by atoms with van der Waals surface area (Å²) in [6.45, 7) is 6.04. The minimum absolute atomic E-state index is 0.00968. The number of hydrogen-bond donors (Lipinski definition) is 2. The molecule has 0 saturated carbocycles. The minimum Gasteiger partial charge on any atom is -0.378 e. The molecule has 21 heavy (non-hydrogen) atoms. The number of ether oxygens (including phenoxy) is 1. The van der Waals surface area contributed by atoms with Gasteiger partial charge in [0.25, 0.3) is 0 Å². The average Bonchev–Trinajstić information content (AvgIpc) is 2.43.